The Bertz CT molecular complexity index is 787. The van der Waals surface area contributed by atoms with Crippen LogP contribution in [-0.4, -0.2) is 42.8 Å². The topological polar surface area (TPSA) is 104 Å². The Morgan fingerprint density at radius 2 is 1.81 bits per heavy atom. The molecule has 0 aliphatic heterocycles. The minimum Gasteiger partial charge on any atom is -0.481 e. The molecule has 0 radical (unpaired) electrons. The van der Waals surface area contributed by atoms with Crippen LogP contribution in [0.15, 0.2) is 23.1 Å². The second kappa shape index (κ2) is 8.18. The molecule has 7 nitrogen and oxygen atoms in total. The zero-order chi connectivity index (χ0) is 19.5. The van der Waals surface area contributed by atoms with E-state index >= 15 is 0 Å². The van der Waals surface area contributed by atoms with E-state index in [0.717, 1.165) is 0 Å². The van der Waals surface area contributed by atoms with E-state index in [1.807, 2.05) is 0 Å². The van der Waals surface area contributed by atoms with Crippen LogP contribution in [0.2, 0.25) is 0 Å². The number of sulfonamides is 1. The number of amides is 1. The maximum atomic E-state index is 12.8. The molecule has 8 heteroatoms. The summed E-state index contributed by atoms with van der Waals surface area (Å²) in [4.78, 5) is 23.6. The summed E-state index contributed by atoms with van der Waals surface area (Å²) in [5.41, 5.74) is 1.02. The van der Waals surface area contributed by atoms with Gasteiger partial charge in [0.1, 0.15) is 0 Å². The van der Waals surface area contributed by atoms with Crippen LogP contribution >= 0.6 is 0 Å². The van der Waals surface area contributed by atoms with Gasteiger partial charge in [-0.2, -0.15) is 4.31 Å². The molecule has 1 amide bonds. The summed E-state index contributed by atoms with van der Waals surface area (Å²) in [5.74, 6) is -1.98. The Hall–Kier alpha value is -1.93. The summed E-state index contributed by atoms with van der Waals surface area (Å²) in [6, 6.07) is 4.81. The SMILES string of the molecule is CCN(CC)S(=O)(=O)c1cc(NC(=O)[C@@H]2CC[C@H](C(=O)O)C2)ccc1C. The predicted octanol–water partition coefficient (Wildman–Crippen LogP) is 2.46. The van der Waals surface area contributed by atoms with Crippen LogP contribution < -0.4 is 5.32 Å². The molecule has 144 valence electrons. The highest BCUT2D eigenvalue weighted by atomic mass is 32.2. The van der Waals surface area contributed by atoms with E-state index in [2.05, 4.69) is 5.32 Å². The number of hydrogen-bond acceptors (Lipinski definition) is 4. The van der Waals surface area contributed by atoms with Crippen LogP contribution in [0.4, 0.5) is 5.69 Å². The molecule has 0 heterocycles. The van der Waals surface area contributed by atoms with Crippen molar-refractivity contribution in [1.82, 2.24) is 4.31 Å². The Morgan fingerprint density at radius 1 is 1.19 bits per heavy atom. The molecular weight excluding hydrogens is 356 g/mol. The number of rotatable bonds is 7. The van der Waals surface area contributed by atoms with Gasteiger partial charge in [-0.05, 0) is 43.9 Å². The third-order valence-electron chi connectivity index (χ3n) is 4.93. The first kappa shape index (κ1) is 20.4. The van der Waals surface area contributed by atoms with Gasteiger partial charge in [-0.25, -0.2) is 8.42 Å². The zero-order valence-corrected chi connectivity index (χ0v) is 16.2. The fourth-order valence-electron chi connectivity index (χ4n) is 3.35. The number of aryl methyl sites for hydroxylation is 1. The van der Waals surface area contributed by atoms with Gasteiger partial charge in [-0.15, -0.1) is 0 Å². The summed E-state index contributed by atoms with van der Waals surface area (Å²) < 4.78 is 26.9. The van der Waals surface area contributed by atoms with Crippen molar-refractivity contribution in [3.63, 3.8) is 0 Å². The highest BCUT2D eigenvalue weighted by Crippen LogP contribution is 2.32. The van der Waals surface area contributed by atoms with Crippen LogP contribution in [0.25, 0.3) is 0 Å². The summed E-state index contributed by atoms with van der Waals surface area (Å²) in [6.45, 7) is 6.01. The molecular formula is C18H26N2O5S. The van der Waals surface area contributed by atoms with Gasteiger partial charge in [-0.1, -0.05) is 19.9 Å². The van der Waals surface area contributed by atoms with Gasteiger partial charge in [0.05, 0.1) is 10.8 Å². The number of carboxylic acid groups (broad SMARTS) is 1. The van der Waals surface area contributed by atoms with Gasteiger partial charge < -0.3 is 10.4 Å². The number of anilines is 1. The quantitative estimate of drug-likeness (QED) is 0.754. The van der Waals surface area contributed by atoms with E-state index in [0.29, 0.717) is 43.6 Å². The molecule has 1 saturated carbocycles. The lowest BCUT2D eigenvalue weighted by Crippen LogP contribution is -2.31. The molecule has 1 aliphatic carbocycles. The maximum Gasteiger partial charge on any atom is 0.306 e. The number of benzene rings is 1. The van der Waals surface area contributed by atoms with Gasteiger partial charge in [-0.3, -0.25) is 9.59 Å². The lowest BCUT2D eigenvalue weighted by atomic mass is 10.0. The third kappa shape index (κ3) is 4.24. The molecule has 0 aromatic heterocycles. The fraction of sp³-hybridized carbons (Fsp3) is 0.556. The molecule has 0 saturated heterocycles. The number of aliphatic carboxylic acids is 1. The third-order valence-corrected chi connectivity index (χ3v) is 7.12. The molecule has 1 aromatic rings. The average molecular weight is 382 g/mol. The molecule has 1 aliphatic rings. The molecule has 26 heavy (non-hydrogen) atoms. The van der Waals surface area contributed by atoms with E-state index in [4.69, 9.17) is 5.11 Å². The first-order valence-corrected chi connectivity index (χ1v) is 10.3. The van der Waals surface area contributed by atoms with Crippen molar-refractivity contribution in [2.24, 2.45) is 11.8 Å². The van der Waals surface area contributed by atoms with Crippen molar-refractivity contribution >= 4 is 27.6 Å². The fourth-order valence-corrected chi connectivity index (χ4v) is 5.06. The molecule has 1 fully saturated rings. The van der Waals surface area contributed by atoms with E-state index < -0.39 is 21.9 Å². The maximum absolute atomic E-state index is 12.8. The highest BCUT2D eigenvalue weighted by Gasteiger charge is 2.34. The van der Waals surface area contributed by atoms with E-state index in [1.165, 1.54) is 10.4 Å². The number of carbonyl (C=O) groups excluding carboxylic acids is 1. The Morgan fingerprint density at radius 3 is 2.35 bits per heavy atom. The van der Waals surface area contributed by atoms with Crippen LogP contribution in [0.5, 0.6) is 0 Å². The molecule has 0 spiro atoms. The van der Waals surface area contributed by atoms with Crippen molar-refractivity contribution in [2.75, 3.05) is 18.4 Å². The van der Waals surface area contributed by atoms with Crippen molar-refractivity contribution < 1.29 is 23.1 Å². The number of hydrogen-bond donors (Lipinski definition) is 2. The molecule has 1 aromatic carbocycles. The lowest BCUT2D eigenvalue weighted by Gasteiger charge is -2.20. The molecule has 0 unspecified atom stereocenters. The van der Waals surface area contributed by atoms with E-state index in [9.17, 15) is 18.0 Å². The van der Waals surface area contributed by atoms with Crippen LogP contribution in [0.1, 0.15) is 38.7 Å². The monoisotopic (exact) mass is 382 g/mol. The van der Waals surface area contributed by atoms with Crippen molar-refractivity contribution in [1.29, 1.82) is 0 Å². The largest absolute Gasteiger partial charge is 0.481 e. The summed E-state index contributed by atoms with van der Waals surface area (Å²) in [5, 5.41) is 11.8. The Balaban J connectivity index is 2.20. The van der Waals surface area contributed by atoms with Gasteiger partial charge in [0.25, 0.3) is 0 Å². The molecule has 0 bridgehead atoms. The Kier molecular flexibility index (Phi) is 6.41. The molecule has 2 atom stereocenters. The van der Waals surface area contributed by atoms with Crippen molar-refractivity contribution in [2.45, 2.75) is 44.9 Å². The number of nitrogens with zero attached hydrogens (tertiary/aromatic N) is 1. The van der Waals surface area contributed by atoms with Crippen LogP contribution in [0.3, 0.4) is 0 Å². The molecule has 2 rings (SSSR count). The lowest BCUT2D eigenvalue weighted by molar-refractivity contribution is -0.141. The first-order valence-electron chi connectivity index (χ1n) is 8.85. The minimum atomic E-state index is -3.62. The standard InChI is InChI=1S/C18H26N2O5S/c1-4-20(5-2)26(24,25)16-11-15(9-6-12(16)3)19-17(21)13-7-8-14(10-13)18(22)23/h6,9,11,13-14H,4-5,7-8,10H2,1-3H3,(H,19,21)(H,22,23)/t13-,14+/m1/s1. The first-order chi connectivity index (χ1) is 12.2. The summed E-state index contributed by atoms with van der Waals surface area (Å²) >= 11 is 0. The van der Waals surface area contributed by atoms with Crippen LogP contribution in [0, 0.1) is 18.8 Å². The van der Waals surface area contributed by atoms with Gasteiger partial charge in [0, 0.05) is 24.7 Å². The van der Waals surface area contributed by atoms with E-state index in [-0.39, 0.29) is 16.7 Å². The van der Waals surface area contributed by atoms with E-state index in [1.54, 1.807) is 32.9 Å². The van der Waals surface area contributed by atoms with Gasteiger partial charge >= 0.3 is 5.97 Å². The van der Waals surface area contributed by atoms with Gasteiger partial charge in [0.15, 0.2) is 0 Å². The van der Waals surface area contributed by atoms with Crippen molar-refractivity contribution in [3.8, 4) is 0 Å². The molecule has 2 N–H and O–H groups in total. The smallest absolute Gasteiger partial charge is 0.306 e. The second-order valence-electron chi connectivity index (χ2n) is 6.60. The summed E-state index contributed by atoms with van der Waals surface area (Å²) in [6.07, 6.45) is 1.33. The minimum absolute atomic E-state index is 0.175. The normalized spacial score (nSPS) is 20.3. The van der Waals surface area contributed by atoms with Crippen molar-refractivity contribution in [3.05, 3.63) is 23.8 Å². The number of carbonyl (C=O) groups is 2. The summed E-state index contributed by atoms with van der Waals surface area (Å²) in [7, 11) is -3.62. The second-order valence-corrected chi connectivity index (χ2v) is 8.51. The number of carboxylic acids is 1. The highest BCUT2D eigenvalue weighted by molar-refractivity contribution is 7.89. The van der Waals surface area contributed by atoms with Gasteiger partial charge in [0.2, 0.25) is 15.9 Å². The van der Waals surface area contributed by atoms with Crippen LogP contribution in [-0.2, 0) is 19.6 Å². The predicted molar refractivity (Wildman–Crippen MR) is 98.4 cm³/mol. The average Bonchev–Trinajstić information content (AvgIpc) is 3.07. The zero-order valence-electron chi connectivity index (χ0n) is 15.4. The number of nitrogens with one attached hydrogen (secondary N) is 1. The Labute approximate surface area is 154 Å².